The Kier molecular flexibility index (Phi) is 4.94. The maximum Gasteiger partial charge on any atom is 0.232 e. The maximum absolute atomic E-state index is 12.6. The van der Waals surface area contributed by atoms with Gasteiger partial charge in [0.05, 0.1) is 11.8 Å². The van der Waals surface area contributed by atoms with E-state index in [1.165, 1.54) is 11.8 Å². The molecule has 2 amide bonds. The number of nitrogens with one attached hydrogen (secondary N) is 1. The highest BCUT2D eigenvalue weighted by atomic mass is 32.1. The molecule has 1 saturated heterocycles. The number of nitrogens with zero attached hydrogens (tertiary/aromatic N) is 3. The first kappa shape index (κ1) is 16.6. The van der Waals surface area contributed by atoms with E-state index in [1.807, 2.05) is 17.5 Å². The summed E-state index contributed by atoms with van der Waals surface area (Å²) < 4.78 is 5.24. The van der Waals surface area contributed by atoms with Gasteiger partial charge in [0.1, 0.15) is 0 Å². The van der Waals surface area contributed by atoms with E-state index in [-0.39, 0.29) is 23.7 Å². The SMILES string of the molecule is CC(=O)N1C[C@@H](C(=O)NCCc2cccs2)[C@H](c2nc(C)no2)C1. The molecule has 8 heteroatoms. The van der Waals surface area contributed by atoms with Crippen LogP contribution in [0.2, 0.25) is 0 Å². The first-order valence-electron chi connectivity index (χ1n) is 7.90. The Bertz CT molecular complexity index is 713. The lowest BCUT2D eigenvalue weighted by atomic mass is 9.95. The minimum Gasteiger partial charge on any atom is -0.355 e. The average molecular weight is 348 g/mol. The van der Waals surface area contributed by atoms with Crippen LogP contribution in [0.1, 0.15) is 29.4 Å². The van der Waals surface area contributed by atoms with Crippen molar-refractivity contribution in [1.29, 1.82) is 0 Å². The highest BCUT2D eigenvalue weighted by Gasteiger charge is 2.42. The topological polar surface area (TPSA) is 88.3 Å². The minimum atomic E-state index is -0.364. The summed E-state index contributed by atoms with van der Waals surface area (Å²) in [7, 11) is 0. The second kappa shape index (κ2) is 7.12. The quantitative estimate of drug-likeness (QED) is 0.881. The van der Waals surface area contributed by atoms with E-state index < -0.39 is 0 Å². The van der Waals surface area contributed by atoms with Crippen molar-refractivity contribution >= 4 is 23.2 Å². The third-order valence-corrected chi connectivity index (χ3v) is 5.15. The van der Waals surface area contributed by atoms with Crippen molar-refractivity contribution in [2.75, 3.05) is 19.6 Å². The van der Waals surface area contributed by atoms with Crippen molar-refractivity contribution in [3.63, 3.8) is 0 Å². The van der Waals surface area contributed by atoms with Gasteiger partial charge in [0.2, 0.25) is 17.7 Å². The molecule has 2 atom stereocenters. The van der Waals surface area contributed by atoms with Crippen LogP contribution in [0, 0.1) is 12.8 Å². The molecule has 3 rings (SSSR count). The van der Waals surface area contributed by atoms with Crippen LogP contribution in [0.5, 0.6) is 0 Å². The van der Waals surface area contributed by atoms with Gasteiger partial charge in [0, 0.05) is 31.4 Å². The van der Waals surface area contributed by atoms with Gasteiger partial charge in [-0.15, -0.1) is 11.3 Å². The summed E-state index contributed by atoms with van der Waals surface area (Å²) in [6, 6.07) is 4.05. The summed E-state index contributed by atoms with van der Waals surface area (Å²) in [4.78, 5) is 31.4. The van der Waals surface area contributed by atoms with Gasteiger partial charge >= 0.3 is 0 Å². The van der Waals surface area contributed by atoms with Crippen molar-refractivity contribution in [2.24, 2.45) is 5.92 Å². The van der Waals surface area contributed by atoms with Gasteiger partial charge in [-0.25, -0.2) is 0 Å². The van der Waals surface area contributed by atoms with Gasteiger partial charge in [-0.1, -0.05) is 11.2 Å². The highest BCUT2D eigenvalue weighted by Crippen LogP contribution is 2.32. The van der Waals surface area contributed by atoms with E-state index in [2.05, 4.69) is 15.5 Å². The molecule has 24 heavy (non-hydrogen) atoms. The molecule has 0 spiro atoms. The third-order valence-electron chi connectivity index (χ3n) is 4.21. The number of likely N-dealkylation sites (tertiary alicyclic amines) is 1. The lowest BCUT2D eigenvalue weighted by Crippen LogP contribution is -2.36. The molecule has 1 N–H and O–H groups in total. The average Bonchev–Trinajstić information content (AvgIpc) is 3.26. The molecule has 1 aliphatic rings. The Labute approximate surface area is 144 Å². The number of thiophene rings is 1. The Morgan fingerprint density at radius 1 is 1.46 bits per heavy atom. The monoisotopic (exact) mass is 348 g/mol. The zero-order valence-corrected chi connectivity index (χ0v) is 14.5. The molecule has 0 aromatic carbocycles. The summed E-state index contributed by atoms with van der Waals surface area (Å²) in [6.45, 7) is 4.63. The molecule has 1 fully saturated rings. The molecule has 128 valence electrons. The van der Waals surface area contributed by atoms with Gasteiger partial charge in [-0.05, 0) is 24.8 Å². The zero-order valence-electron chi connectivity index (χ0n) is 13.7. The number of hydrogen-bond acceptors (Lipinski definition) is 6. The van der Waals surface area contributed by atoms with Gasteiger partial charge < -0.3 is 14.7 Å². The predicted octanol–water partition coefficient (Wildman–Crippen LogP) is 1.36. The fraction of sp³-hybridized carbons (Fsp3) is 0.500. The van der Waals surface area contributed by atoms with E-state index in [0.29, 0.717) is 31.3 Å². The first-order valence-corrected chi connectivity index (χ1v) is 8.78. The van der Waals surface area contributed by atoms with Crippen molar-refractivity contribution in [3.05, 3.63) is 34.1 Å². The number of carbonyl (C=O) groups is 2. The van der Waals surface area contributed by atoms with Crippen LogP contribution in [0.4, 0.5) is 0 Å². The predicted molar refractivity (Wildman–Crippen MR) is 88.6 cm³/mol. The van der Waals surface area contributed by atoms with E-state index in [0.717, 1.165) is 6.42 Å². The van der Waals surface area contributed by atoms with Gasteiger partial charge in [-0.2, -0.15) is 4.98 Å². The Morgan fingerprint density at radius 2 is 2.29 bits per heavy atom. The number of rotatable bonds is 5. The van der Waals surface area contributed by atoms with Crippen LogP contribution >= 0.6 is 11.3 Å². The second-order valence-corrected chi connectivity index (χ2v) is 6.97. The van der Waals surface area contributed by atoms with E-state index in [4.69, 9.17) is 4.52 Å². The molecule has 0 unspecified atom stereocenters. The minimum absolute atomic E-state index is 0.0508. The van der Waals surface area contributed by atoms with E-state index in [1.54, 1.807) is 23.2 Å². The molecular weight excluding hydrogens is 328 g/mol. The van der Waals surface area contributed by atoms with Crippen LogP contribution in [-0.2, 0) is 16.0 Å². The number of hydrogen-bond donors (Lipinski definition) is 1. The van der Waals surface area contributed by atoms with Crippen molar-refractivity contribution in [2.45, 2.75) is 26.2 Å². The van der Waals surface area contributed by atoms with Gasteiger partial charge in [0.15, 0.2) is 5.82 Å². The van der Waals surface area contributed by atoms with Crippen molar-refractivity contribution < 1.29 is 14.1 Å². The normalized spacial score (nSPS) is 20.3. The van der Waals surface area contributed by atoms with Crippen LogP contribution < -0.4 is 5.32 Å². The fourth-order valence-corrected chi connectivity index (χ4v) is 3.64. The molecular formula is C16H20N4O3S. The summed E-state index contributed by atoms with van der Waals surface area (Å²) in [5.74, 6) is 0.216. The summed E-state index contributed by atoms with van der Waals surface area (Å²) >= 11 is 1.67. The fourth-order valence-electron chi connectivity index (χ4n) is 2.94. The number of aryl methyl sites for hydroxylation is 1. The Balaban J connectivity index is 1.65. The van der Waals surface area contributed by atoms with Crippen LogP contribution in [0.3, 0.4) is 0 Å². The van der Waals surface area contributed by atoms with Gasteiger partial charge in [-0.3, -0.25) is 9.59 Å². The molecule has 0 bridgehead atoms. The summed E-state index contributed by atoms with van der Waals surface area (Å²) in [5, 5.41) is 8.79. The smallest absolute Gasteiger partial charge is 0.232 e. The van der Waals surface area contributed by atoms with Crippen molar-refractivity contribution in [1.82, 2.24) is 20.4 Å². The van der Waals surface area contributed by atoms with Crippen LogP contribution in [-0.4, -0.2) is 46.5 Å². The second-order valence-electron chi connectivity index (χ2n) is 5.94. The van der Waals surface area contributed by atoms with E-state index >= 15 is 0 Å². The van der Waals surface area contributed by atoms with Crippen LogP contribution in [0.15, 0.2) is 22.0 Å². The number of aromatic nitrogens is 2. The molecule has 0 saturated carbocycles. The highest BCUT2D eigenvalue weighted by molar-refractivity contribution is 7.09. The first-order chi connectivity index (χ1) is 11.5. The molecule has 1 aliphatic heterocycles. The summed E-state index contributed by atoms with van der Waals surface area (Å²) in [6.07, 6.45) is 0.802. The molecule has 0 radical (unpaired) electrons. The molecule has 3 heterocycles. The van der Waals surface area contributed by atoms with Crippen molar-refractivity contribution in [3.8, 4) is 0 Å². The molecule has 2 aromatic heterocycles. The molecule has 2 aromatic rings. The number of amides is 2. The maximum atomic E-state index is 12.6. The lowest BCUT2D eigenvalue weighted by Gasteiger charge is -2.14. The summed E-state index contributed by atoms with van der Waals surface area (Å²) in [5.41, 5.74) is 0. The zero-order chi connectivity index (χ0) is 17.1. The van der Waals surface area contributed by atoms with Gasteiger partial charge in [0.25, 0.3) is 0 Å². The lowest BCUT2D eigenvalue weighted by molar-refractivity contribution is -0.128. The Hall–Kier alpha value is -2.22. The number of carbonyl (C=O) groups excluding carboxylic acids is 2. The molecule has 0 aliphatic carbocycles. The largest absolute Gasteiger partial charge is 0.355 e. The molecule has 7 nitrogen and oxygen atoms in total. The standard InChI is InChI=1S/C16H20N4O3S/c1-10-18-16(23-19-10)14-9-20(11(2)21)8-13(14)15(22)17-6-5-12-4-3-7-24-12/h3-4,7,13-14H,5-6,8-9H2,1-2H3,(H,17,22)/t13-,14-/m1/s1. The van der Waals surface area contributed by atoms with E-state index in [9.17, 15) is 9.59 Å². The van der Waals surface area contributed by atoms with Crippen LogP contribution in [0.25, 0.3) is 0 Å². The third kappa shape index (κ3) is 3.64. The Morgan fingerprint density at radius 3 is 2.92 bits per heavy atom.